The fraction of sp³-hybridized carbons (Fsp3) is 0.500. The van der Waals surface area contributed by atoms with Crippen molar-refractivity contribution in [2.24, 2.45) is 0 Å². The van der Waals surface area contributed by atoms with E-state index in [1.807, 2.05) is 0 Å². The molecule has 0 aliphatic heterocycles. The van der Waals surface area contributed by atoms with Crippen LogP contribution in [-0.2, 0) is 14.1 Å². The van der Waals surface area contributed by atoms with Crippen molar-refractivity contribution in [3.8, 4) is 0 Å². The monoisotopic (exact) mass is 367 g/mol. The van der Waals surface area contributed by atoms with Crippen LogP contribution in [0.3, 0.4) is 0 Å². The molecule has 0 bridgehead atoms. The van der Waals surface area contributed by atoms with E-state index in [0.29, 0.717) is 5.57 Å². The molecule has 0 amide bonds. The van der Waals surface area contributed by atoms with Gasteiger partial charge in [0, 0.05) is 41.2 Å². The molecule has 0 aromatic heterocycles. The molecule has 87 valence electrons. The Bertz CT molecular complexity index is 227. The summed E-state index contributed by atoms with van der Waals surface area (Å²) in [5.74, 6) is -0.455. The summed E-state index contributed by atoms with van der Waals surface area (Å²) in [6.45, 7) is 4.81. The smallest absolute Gasteiger partial charge is 0.460 e. The maximum absolute atomic E-state index is 10.5. The Labute approximate surface area is 115 Å². The Kier molecular flexibility index (Phi) is 15.2. The van der Waals surface area contributed by atoms with Crippen LogP contribution in [0.15, 0.2) is 12.2 Å². The SMILES string of the molecule is C=C(C)C(=O)OCCO.O=P(O)(O)O.[La]. The number of hydrogen-bond acceptors (Lipinski definition) is 4. The molecular formula is C6H13LaO7P. The van der Waals surface area contributed by atoms with Gasteiger partial charge < -0.3 is 24.5 Å². The first-order valence-corrected chi connectivity index (χ1v) is 4.96. The molecule has 0 fully saturated rings. The van der Waals surface area contributed by atoms with Gasteiger partial charge in [-0.1, -0.05) is 6.58 Å². The van der Waals surface area contributed by atoms with Crippen LogP contribution in [0.2, 0.25) is 0 Å². The molecule has 0 unspecified atom stereocenters. The number of carbonyl (C=O) groups is 1. The standard InChI is InChI=1S/C6H10O3.La.H3O4P/c1-5(2)6(8)9-4-3-7;;1-5(2,3)4/h7H,1,3-4H2,2H3;;(H3,1,2,3,4). The molecule has 0 atom stereocenters. The molecule has 0 aromatic carbocycles. The van der Waals surface area contributed by atoms with Crippen molar-refractivity contribution in [3.63, 3.8) is 0 Å². The number of aliphatic hydroxyl groups is 1. The number of phosphoric acid groups is 1. The van der Waals surface area contributed by atoms with Crippen molar-refractivity contribution < 1.29 is 69.5 Å². The first-order chi connectivity index (χ1) is 6.18. The Morgan fingerprint density at radius 3 is 1.93 bits per heavy atom. The third-order valence-corrected chi connectivity index (χ3v) is 0.673. The third kappa shape index (κ3) is 31.4. The van der Waals surface area contributed by atoms with Gasteiger partial charge >= 0.3 is 13.8 Å². The van der Waals surface area contributed by atoms with Crippen LogP contribution < -0.4 is 0 Å². The largest absolute Gasteiger partial charge is 0.466 e. The third-order valence-electron chi connectivity index (χ3n) is 0.673. The Balaban J connectivity index is -0.000000208. The van der Waals surface area contributed by atoms with Crippen LogP contribution in [0.1, 0.15) is 6.92 Å². The normalized spacial score (nSPS) is 9.13. The van der Waals surface area contributed by atoms with Crippen molar-refractivity contribution in [2.45, 2.75) is 6.92 Å². The first-order valence-electron chi connectivity index (χ1n) is 3.40. The predicted molar refractivity (Wildman–Crippen MR) is 47.1 cm³/mol. The van der Waals surface area contributed by atoms with Gasteiger partial charge in [0.25, 0.3) is 0 Å². The Morgan fingerprint density at radius 1 is 1.40 bits per heavy atom. The number of esters is 1. The van der Waals surface area contributed by atoms with E-state index in [1.54, 1.807) is 6.92 Å². The summed E-state index contributed by atoms with van der Waals surface area (Å²) in [6, 6.07) is 0. The molecule has 0 heterocycles. The molecular weight excluding hydrogens is 354 g/mol. The van der Waals surface area contributed by atoms with Crippen LogP contribution in [0.5, 0.6) is 0 Å². The van der Waals surface area contributed by atoms with Crippen molar-refractivity contribution >= 4 is 13.8 Å². The zero-order chi connectivity index (χ0) is 11.8. The molecule has 1 radical (unpaired) electrons. The van der Waals surface area contributed by atoms with Crippen LogP contribution >= 0.6 is 7.82 Å². The average Bonchev–Trinajstić information content (AvgIpc) is 1.96. The molecule has 15 heavy (non-hydrogen) atoms. The molecule has 4 N–H and O–H groups in total. The van der Waals surface area contributed by atoms with E-state index in [2.05, 4.69) is 11.3 Å². The molecule has 9 heteroatoms. The zero-order valence-electron chi connectivity index (χ0n) is 8.16. The minimum Gasteiger partial charge on any atom is -0.460 e. The van der Waals surface area contributed by atoms with E-state index in [9.17, 15) is 4.79 Å². The number of aliphatic hydroxyl groups excluding tert-OH is 1. The van der Waals surface area contributed by atoms with Gasteiger partial charge in [-0.05, 0) is 6.92 Å². The van der Waals surface area contributed by atoms with Crippen molar-refractivity contribution in [1.29, 1.82) is 0 Å². The van der Waals surface area contributed by atoms with Gasteiger partial charge in [-0.3, -0.25) is 0 Å². The molecule has 0 spiro atoms. The molecule has 0 aromatic rings. The number of carbonyl (C=O) groups excluding carboxylic acids is 1. The van der Waals surface area contributed by atoms with Crippen LogP contribution in [0, 0.1) is 35.6 Å². The molecule has 0 aliphatic carbocycles. The van der Waals surface area contributed by atoms with Crippen molar-refractivity contribution in [3.05, 3.63) is 12.2 Å². The van der Waals surface area contributed by atoms with E-state index >= 15 is 0 Å². The summed E-state index contributed by atoms with van der Waals surface area (Å²) >= 11 is 0. The van der Waals surface area contributed by atoms with Gasteiger partial charge in [-0.15, -0.1) is 0 Å². The van der Waals surface area contributed by atoms with E-state index in [1.165, 1.54) is 0 Å². The van der Waals surface area contributed by atoms with E-state index < -0.39 is 13.8 Å². The summed E-state index contributed by atoms with van der Waals surface area (Å²) in [7, 11) is -4.64. The van der Waals surface area contributed by atoms with Crippen LogP contribution in [-0.4, -0.2) is 39.0 Å². The first kappa shape index (κ1) is 20.8. The van der Waals surface area contributed by atoms with Crippen molar-refractivity contribution in [1.82, 2.24) is 0 Å². The average molecular weight is 367 g/mol. The molecule has 0 aliphatic rings. The second-order valence-corrected chi connectivity index (χ2v) is 3.18. The fourth-order valence-corrected chi connectivity index (χ4v) is 0.262. The molecule has 0 saturated carbocycles. The fourth-order valence-electron chi connectivity index (χ4n) is 0.262. The summed E-state index contributed by atoms with van der Waals surface area (Å²) in [4.78, 5) is 32.0. The van der Waals surface area contributed by atoms with Crippen LogP contribution in [0.25, 0.3) is 0 Å². The quantitative estimate of drug-likeness (QED) is 0.292. The summed E-state index contributed by atoms with van der Waals surface area (Å²) in [5.41, 5.74) is 0.350. The van der Waals surface area contributed by atoms with Crippen molar-refractivity contribution in [2.75, 3.05) is 13.2 Å². The summed E-state index contributed by atoms with van der Waals surface area (Å²) < 4.78 is 13.3. The van der Waals surface area contributed by atoms with Gasteiger partial charge in [0.15, 0.2) is 0 Å². The molecule has 0 saturated heterocycles. The van der Waals surface area contributed by atoms with Gasteiger partial charge in [-0.2, -0.15) is 0 Å². The summed E-state index contributed by atoms with van der Waals surface area (Å²) in [6.07, 6.45) is 0. The van der Waals surface area contributed by atoms with E-state index in [4.69, 9.17) is 24.4 Å². The number of ether oxygens (including phenoxy) is 1. The number of rotatable bonds is 3. The zero-order valence-corrected chi connectivity index (χ0v) is 12.7. The van der Waals surface area contributed by atoms with Crippen LogP contribution in [0.4, 0.5) is 0 Å². The minimum absolute atomic E-state index is 0. The maximum atomic E-state index is 10.5. The Morgan fingerprint density at radius 2 is 1.73 bits per heavy atom. The van der Waals surface area contributed by atoms with E-state index in [-0.39, 0.29) is 48.8 Å². The number of hydrogen-bond donors (Lipinski definition) is 4. The van der Waals surface area contributed by atoms with Gasteiger partial charge in [0.1, 0.15) is 6.61 Å². The maximum Gasteiger partial charge on any atom is 0.466 e. The van der Waals surface area contributed by atoms with E-state index in [0.717, 1.165) is 0 Å². The van der Waals surface area contributed by atoms with Gasteiger partial charge in [-0.25, -0.2) is 9.36 Å². The van der Waals surface area contributed by atoms with Gasteiger partial charge in [0.2, 0.25) is 0 Å². The van der Waals surface area contributed by atoms with Gasteiger partial charge in [0.05, 0.1) is 6.61 Å². The molecule has 7 nitrogen and oxygen atoms in total. The summed E-state index contributed by atoms with van der Waals surface area (Å²) in [5, 5.41) is 8.19. The Hall–Kier alpha value is 0.475. The predicted octanol–water partition coefficient (Wildman–Crippen LogP) is -0.831. The molecule has 0 rings (SSSR count). The minimum atomic E-state index is -4.64. The topological polar surface area (TPSA) is 124 Å². The second-order valence-electron chi connectivity index (χ2n) is 2.15. The second kappa shape index (κ2) is 11.0.